The van der Waals surface area contributed by atoms with Crippen molar-refractivity contribution in [2.45, 2.75) is 0 Å². The molecule has 0 radical (unpaired) electrons. The predicted octanol–water partition coefficient (Wildman–Crippen LogP) is 4.82. The van der Waals surface area contributed by atoms with Crippen LogP contribution in [0.3, 0.4) is 0 Å². The van der Waals surface area contributed by atoms with Gasteiger partial charge < -0.3 is 19.3 Å². The quantitative estimate of drug-likeness (QED) is 0.338. The molecule has 6 heteroatoms. The van der Waals surface area contributed by atoms with E-state index >= 15 is 0 Å². The van der Waals surface area contributed by atoms with Gasteiger partial charge in [-0.15, -0.1) is 0 Å². The molecule has 2 N–H and O–H groups in total. The van der Waals surface area contributed by atoms with Crippen LogP contribution in [0.4, 0.5) is 5.69 Å². The maximum Gasteiger partial charge on any atom is 0.344 e. The number of nitrogens with two attached hydrogens (primary N) is 1. The van der Waals surface area contributed by atoms with Gasteiger partial charge in [-0.25, -0.2) is 9.59 Å². The average Bonchev–Trinajstić information content (AvgIpc) is 2.78. The van der Waals surface area contributed by atoms with E-state index in [-0.39, 0.29) is 0 Å². The number of ether oxygens (including phenoxy) is 1. The molecule has 0 spiro atoms. The van der Waals surface area contributed by atoms with Gasteiger partial charge in [0.05, 0.1) is 12.7 Å². The Morgan fingerprint density at radius 2 is 1.61 bits per heavy atom. The number of para-hydroxylation sites is 1. The highest BCUT2D eigenvalue weighted by Gasteiger charge is 2.16. The maximum absolute atomic E-state index is 12.8. The van der Waals surface area contributed by atoms with Crippen LogP contribution in [0.25, 0.3) is 44.2 Å². The monoisotopic (exact) mass is 411 g/mol. The van der Waals surface area contributed by atoms with Crippen molar-refractivity contribution < 1.29 is 13.6 Å². The van der Waals surface area contributed by atoms with Crippen molar-refractivity contribution in [1.82, 2.24) is 0 Å². The highest BCUT2D eigenvalue weighted by atomic mass is 16.5. The fraction of sp³-hybridized carbons (Fsp3) is 0.0400. The minimum atomic E-state index is -0.539. The molecule has 0 unspecified atom stereocenters. The second-order valence-electron chi connectivity index (χ2n) is 7.13. The standard InChI is InChI=1S/C25H17NO5/c1-29-17-9-6-14(7-10-17)20-13-23(27)31-24-18(20)3-2-4-19(24)21-11-15-5-8-16(26)12-22(15)30-25(21)28/h2-13H,26H2,1H3. The van der Waals surface area contributed by atoms with Crippen LogP contribution in [-0.2, 0) is 0 Å². The molecule has 0 bridgehead atoms. The van der Waals surface area contributed by atoms with Crippen LogP contribution in [0.1, 0.15) is 0 Å². The molecule has 0 fully saturated rings. The predicted molar refractivity (Wildman–Crippen MR) is 120 cm³/mol. The highest BCUT2D eigenvalue weighted by Crippen LogP contribution is 2.34. The molecule has 2 aromatic heterocycles. The lowest BCUT2D eigenvalue weighted by Crippen LogP contribution is -2.05. The minimum Gasteiger partial charge on any atom is -0.497 e. The molecule has 0 saturated heterocycles. The summed E-state index contributed by atoms with van der Waals surface area (Å²) in [5.41, 5.74) is 8.28. The largest absolute Gasteiger partial charge is 0.497 e. The summed E-state index contributed by atoms with van der Waals surface area (Å²) >= 11 is 0. The third-order valence-electron chi connectivity index (χ3n) is 5.22. The summed E-state index contributed by atoms with van der Waals surface area (Å²) in [4.78, 5) is 25.2. The van der Waals surface area contributed by atoms with Crippen LogP contribution < -0.4 is 21.7 Å². The summed E-state index contributed by atoms with van der Waals surface area (Å²) in [5.74, 6) is 0.714. The zero-order valence-corrected chi connectivity index (χ0v) is 16.5. The zero-order chi connectivity index (χ0) is 21.5. The Morgan fingerprint density at radius 3 is 2.39 bits per heavy atom. The van der Waals surface area contributed by atoms with E-state index in [1.54, 1.807) is 37.4 Å². The molecule has 31 heavy (non-hydrogen) atoms. The smallest absolute Gasteiger partial charge is 0.344 e. The molecule has 5 aromatic rings. The summed E-state index contributed by atoms with van der Waals surface area (Å²) in [6, 6.07) is 21.1. The van der Waals surface area contributed by atoms with E-state index in [1.807, 2.05) is 36.4 Å². The number of fused-ring (bicyclic) bond motifs is 2. The number of methoxy groups -OCH3 is 1. The van der Waals surface area contributed by atoms with Gasteiger partial charge >= 0.3 is 11.3 Å². The van der Waals surface area contributed by atoms with Gasteiger partial charge in [0.2, 0.25) is 0 Å². The van der Waals surface area contributed by atoms with E-state index in [0.29, 0.717) is 44.7 Å². The van der Waals surface area contributed by atoms with Crippen molar-refractivity contribution in [3.63, 3.8) is 0 Å². The molecule has 0 saturated carbocycles. The van der Waals surface area contributed by atoms with Crippen molar-refractivity contribution in [1.29, 1.82) is 0 Å². The normalized spacial score (nSPS) is 11.1. The molecule has 0 aliphatic rings. The Labute approximate surface area is 176 Å². The Kier molecular flexibility index (Phi) is 4.33. The van der Waals surface area contributed by atoms with Crippen molar-refractivity contribution in [2.24, 2.45) is 0 Å². The Bertz CT molecular complexity index is 1560. The molecule has 6 nitrogen and oxygen atoms in total. The van der Waals surface area contributed by atoms with Gasteiger partial charge in [-0.2, -0.15) is 0 Å². The van der Waals surface area contributed by atoms with E-state index in [4.69, 9.17) is 19.3 Å². The van der Waals surface area contributed by atoms with Crippen LogP contribution in [0.2, 0.25) is 0 Å². The van der Waals surface area contributed by atoms with E-state index in [9.17, 15) is 9.59 Å². The fourth-order valence-corrected chi connectivity index (χ4v) is 3.72. The van der Waals surface area contributed by atoms with Crippen LogP contribution in [0.5, 0.6) is 5.75 Å². The number of rotatable bonds is 3. The molecule has 3 aromatic carbocycles. The molecule has 0 aliphatic heterocycles. The first kappa shape index (κ1) is 18.7. The van der Waals surface area contributed by atoms with E-state index in [0.717, 1.165) is 10.9 Å². The first-order valence-corrected chi connectivity index (χ1v) is 9.58. The lowest BCUT2D eigenvalue weighted by atomic mass is 9.97. The van der Waals surface area contributed by atoms with Gasteiger partial charge in [-0.05, 0) is 41.5 Å². The number of benzene rings is 3. The SMILES string of the molecule is COc1ccc(-c2cc(=O)oc3c(-c4cc5ccc(N)cc5oc4=O)cccc23)cc1. The Morgan fingerprint density at radius 1 is 0.806 bits per heavy atom. The fourth-order valence-electron chi connectivity index (χ4n) is 3.72. The number of hydrogen-bond acceptors (Lipinski definition) is 6. The number of hydrogen-bond donors (Lipinski definition) is 1. The van der Waals surface area contributed by atoms with Crippen LogP contribution in [-0.4, -0.2) is 7.11 Å². The van der Waals surface area contributed by atoms with Crippen LogP contribution in [0, 0.1) is 0 Å². The lowest BCUT2D eigenvalue weighted by molar-refractivity contribution is 0.415. The first-order valence-electron chi connectivity index (χ1n) is 9.58. The van der Waals surface area contributed by atoms with Crippen LogP contribution in [0.15, 0.2) is 91.2 Å². The number of anilines is 1. The van der Waals surface area contributed by atoms with Crippen molar-refractivity contribution in [2.75, 3.05) is 12.8 Å². The lowest BCUT2D eigenvalue weighted by Gasteiger charge is -2.10. The van der Waals surface area contributed by atoms with Gasteiger partial charge in [-0.3, -0.25) is 0 Å². The molecule has 2 heterocycles. The maximum atomic E-state index is 12.8. The van der Waals surface area contributed by atoms with Gasteiger partial charge in [0.15, 0.2) is 0 Å². The second-order valence-corrected chi connectivity index (χ2v) is 7.13. The molecule has 0 aliphatic carbocycles. The summed E-state index contributed by atoms with van der Waals surface area (Å²) < 4.78 is 16.3. The summed E-state index contributed by atoms with van der Waals surface area (Å²) in [7, 11) is 1.59. The van der Waals surface area contributed by atoms with Gasteiger partial charge in [0.25, 0.3) is 0 Å². The van der Waals surface area contributed by atoms with E-state index in [2.05, 4.69) is 0 Å². The molecular weight excluding hydrogens is 394 g/mol. The van der Waals surface area contributed by atoms with Gasteiger partial charge in [-0.1, -0.05) is 30.3 Å². The molecule has 152 valence electrons. The molecule has 5 rings (SSSR count). The Hall–Kier alpha value is -4.32. The summed E-state index contributed by atoms with van der Waals surface area (Å²) in [6.45, 7) is 0. The van der Waals surface area contributed by atoms with Crippen molar-refractivity contribution >= 4 is 27.6 Å². The zero-order valence-electron chi connectivity index (χ0n) is 16.5. The summed E-state index contributed by atoms with van der Waals surface area (Å²) in [5, 5.41) is 1.42. The van der Waals surface area contributed by atoms with E-state index < -0.39 is 11.3 Å². The Balaban J connectivity index is 1.78. The van der Waals surface area contributed by atoms with Crippen molar-refractivity contribution in [3.8, 4) is 28.0 Å². The first-order chi connectivity index (χ1) is 15.0. The van der Waals surface area contributed by atoms with Crippen molar-refractivity contribution in [3.05, 3.63) is 93.6 Å². The average molecular weight is 411 g/mol. The number of nitrogen functional groups attached to an aromatic ring is 1. The van der Waals surface area contributed by atoms with Gasteiger partial charge in [0, 0.05) is 34.2 Å². The topological polar surface area (TPSA) is 95.7 Å². The third kappa shape index (κ3) is 3.24. The molecular formula is C25H17NO5. The minimum absolute atomic E-state index is 0.304. The molecule has 0 atom stereocenters. The molecule has 0 amide bonds. The third-order valence-corrected chi connectivity index (χ3v) is 5.22. The van der Waals surface area contributed by atoms with E-state index in [1.165, 1.54) is 6.07 Å². The van der Waals surface area contributed by atoms with Crippen LogP contribution >= 0.6 is 0 Å². The van der Waals surface area contributed by atoms with Gasteiger partial charge in [0.1, 0.15) is 16.9 Å². The summed E-state index contributed by atoms with van der Waals surface area (Å²) in [6.07, 6.45) is 0. The second kappa shape index (κ2) is 7.18. The highest BCUT2D eigenvalue weighted by molar-refractivity contribution is 6.01.